The number of nitrogen functional groups attached to an aromatic ring is 1. The number of thioether (sulfide) groups is 1. The third-order valence-corrected chi connectivity index (χ3v) is 6.14. The monoisotopic (exact) mass is 394 g/mol. The van der Waals surface area contributed by atoms with Gasteiger partial charge in [0.25, 0.3) is 5.56 Å². The number of nitrogens with two attached hydrogens (primary N) is 1. The third kappa shape index (κ3) is 3.75. The van der Waals surface area contributed by atoms with Crippen LogP contribution in [0.3, 0.4) is 0 Å². The average Bonchev–Trinajstić information content (AvgIpc) is 2.86. The fourth-order valence-electron chi connectivity index (χ4n) is 3.02. The molecule has 2 heterocycles. The summed E-state index contributed by atoms with van der Waals surface area (Å²) >= 11 is 1.09. The van der Waals surface area contributed by atoms with Crippen molar-refractivity contribution < 1.29 is 13.2 Å². The second-order valence-corrected chi connectivity index (χ2v) is 8.97. The first-order chi connectivity index (χ1) is 12.1. The zero-order chi connectivity index (χ0) is 19.1. The van der Waals surface area contributed by atoms with Gasteiger partial charge >= 0.3 is 0 Å². The van der Waals surface area contributed by atoms with Crippen LogP contribution in [0.15, 0.2) is 34.2 Å². The zero-order valence-corrected chi connectivity index (χ0v) is 15.9. The Kier molecular flexibility index (Phi) is 4.80. The van der Waals surface area contributed by atoms with E-state index in [0.29, 0.717) is 17.7 Å². The number of hydrogen-bond acceptors (Lipinski definition) is 7. The van der Waals surface area contributed by atoms with Gasteiger partial charge in [-0.3, -0.25) is 13.9 Å². The number of fused-ring (bicyclic) bond motifs is 1. The van der Waals surface area contributed by atoms with E-state index in [1.807, 2.05) is 6.92 Å². The second kappa shape index (κ2) is 6.76. The van der Waals surface area contributed by atoms with Crippen molar-refractivity contribution in [1.82, 2.24) is 9.97 Å². The van der Waals surface area contributed by atoms with Gasteiger partial charge in [-0.1, -0.05) is 11.8 Å². The second-order valence-electron chi connectivity index (χ2n) is 6.14. The summed E-state index contributed by atoms with van der Waals surface area (Å²) in [4.78, 5) is 30.3. The van der Waals surface area contributed by atoms with E-state index < -0.39 is 10.0 Å². The van der Waals surface area contributed by atoms with Crippen molar-refractivity contribution in [2.24, 2.45) is 0 Å². The number of sulfonamides is 1. The number of anilines is 2. The Morgan fingerprint density at radius 3 is 2.81 bits per heavy atom. The number of nitrogens with one attached hydrogen (secondary N) is 1. The molecule has 1 aromatic carbocycles. The Labute approximate surface area is 154 Å². The molecule has 0 saturated carbocycles. The fourth-order valence-corrected chi connectivity index (χ4v) is 5.06. The Hall–Kier alpha value is -2.33. The maximum atomic E-state index is 12.4. The number of hydrogen-bond donors (Lipinski definition) is 2. The minimum absolute atomic E-state index is 0.0799. The van der Waals surface area contributed by atoms with Gasteiger partial charge in [0.15, 0.2) is 10.9 Å². The van der Waals surface area contributed by atoms with E-state index in [1.54, 1.807) is 18.2 Å². The lowest BCUT2D eigenvalue weighted by Crippen LogP contribution is -2.34. The van der Waals surface area contributed by atoms with Gasteiger partial charge in [0.1, 0.15) is 5.82 Å². The van der Waals surface area contributed by atoms with E-state index in [1.165, 1.54) is 16.6 Å². The number of benzene rings is 1. The summed E-state index contributed by atoms with van der Waals surface area (Å²) in [5.41, 5.74) is 7.08. The van der Waals surface area contributed by atoms with Crippen LogP contribution in [0, 0.1) is 0 Å². The predicted molar refractivity (Wildman–Crippen MR) is 101 cm³/mol. The minimum atomic E-state index is -3.36. The van der Waals surface area contributed by atoms with E-state index in [4.69, 9.17) is 5.73 Å². The molecular weight excluding hydrogens is 376 g/mol. The highest BCUT2D eigenvalue weighted by Crippen LogP contribution is 2.35. The van der Waals surface area contributed by atoms with Crippen LogP contribution in [-0.2, 0) is 16.4 Å². The summed E-state index contributed by atoms with van der Waals surface area (Å²) in [5, 5.41) is 0.279. The maximum absolute atomic E-state index is 12.4. The maximum Gasteiger partial charge on any atom is 0.253 e. The topological polar surface area (TPSA) is 126 Å². The average molecular weight is 394 g/mol. The first kappa shape index (κ1) is 18.5. The molecule has 0 amide bonds. The molecule has 0 aliphatic carbocycles. The lowest BCUT2D eigenvalue weighted by molar-refractivity contribution is 0.102. The lowest BCUT2D eigenvalue weighted by atomic mass is 10.0. The van der Waals surface area contributed by atoms with Crippen molar-refractivity contribution in [3.63, 3.8) is 0 Å². The Bertz CT molecular complexity index is 1030. The van der Waals surface area contributed by atoms with Crippen molar-refractivity contribution in [1.29, 1.82) is 0 Å². The molecule has 10 heteroatoms. The van der Waals surface area contributed by atoms with E-state index in [9.17, 15) is 18.0 Å². The molecule has 26 heavy (non-hydrogen) atoms. The third-order valence-electron chi connectivity index (χ3n) is 3.99. The number of aromatic nitrogens is 2. The summed E-state index contributed by atoms with van der Waals surface area (Å²) < 4.78 is 25.3. The summed E-state index contributed by atoms with van der Waals surface area (Å²) in [6.07, 6.45) is 1.73. The van der Waals surface area contributed by atoms with Crippen molar-refractivity contribution in [3.05, 3.63) is 45.7 Å². The molecule has 1 unspecified atom stereocenters. The Balaban J connectivity index is 1.78. The zero-order valence-electron chi connectivity index (χ0n) is 14.2. The molecule has 138 valence electrons. The largest absolute Gasteiger partial charge is 0.383 e. The number of H-pyrrole nitrogens is 1. The number of Topliss-reactive ketones (excluding diaryl/α,β-unsaturated/α-hetero) is 1. The molecule has 0 spiro atoms. The van der Waals surface area contributed by atoms with Crippen LogP contribution < -0.4 is 15.6 Å². The van der Waals surface area contributed by atoms with Crippen LogP contribution in [0.1, 0.15) is 22.8 Å². The Morgan fingerprint density at radius 2 is 2.15 bits per heavy atom. The SMILES string of the molecule is CC1Cc2cc(C(=O)CSc3nc(N)cc(=O)[nH]3)ccc2N1S(C)(=O)=O. The van der Waals surface area contributed by atoms with Gasteiger partial charge in [0, 0.05) is 17.7 Å². The highest BCUT2D eigenvalue weighted by molar-refractivity contribution is 7.99. The van der Waals surface area contributed by atoms with Gasteiger partial charge in [0.2, 0.25) is 10.0 Å². The molecule has 8 nitrogen and oxygen atoms in total. The highest BCUT2D eigenvalue weighted by Gasteiger charge is 2.32. The molecule has 1 aliphatic heterocycles. The summed E-state index contributed by atoms with van der Waals surface area (Å²) in [5.74, 6) is 0.0284. The molecule has 1 aromatic heterocycles. The number of carbonyl (C=O) groups is 1. The van der Waals surface area contributed by atoms with Crippen molar-refractivity contribution in [2.45, 2.75) is 24.5 Å². The molecule has 1 atom stereocenters. The predicted octanol–water partition coefficient (Wildman–Crippen LogP) is 1.04. The number of carbonyl (C=O) groups excluding carboxylic acids is 1. The van der Waals surface area contributed by atoms with Crippen molar-refractivity contribution in [3.8, 4) is 0 Å². The first-order valence-corrected chi connectivity index (χ1v) is 10.6. The first-order valence-electron chi connectivity index (χ1n) is 7.80. The smallest absolute Gasteiger partial charge is 0.253 e. The molecule has 0 saturated heterocycles. The minimum Gasteiger partial charge on any atom is -0.383 e. The van der Waals surface area contributed by atoms with Gasteiger partial charge < -0.3 is 10.7 Å². The van der Waals surface area contributed by atoms with Crippen LogP contribution in [0.5, 0.6) is 0 Å². The van der Waals surface area contributed by atoms with Gasteiger partial charge in [-0.25, -0.2) is 13.4 Å². The molecule has 3 N–H and O–H groups in total. The van der Waals surface area contributed by atoms with E-state index >= 15 is 0 Å². The summed E-state index contributed by atoms with van der Waals surface area (Å²) in [6, 6.07) is 6.00. The van der Waals surface area contributed by atoms with Gasteiger partial charge in [0.05, 0.1) is 17.7 Å². The number of aromatic amines is 1. The van der Waals surface area contributed by atoms with Crippen LogP contribution in [0.2, 0.25) is 0 Å². The van der Waals surface area contributed by atoms with Crippen LogP contribution in [0.25, 0.3) is 0 Å². The number of nitrogens with zero attached hydrogens (tertiary/aromatic N) is 2. The van der Waals surface area contributed by atoms with Crippen molar-refractivity contribution >= 4 is 39.1 Å². The van der Waals surface area contributed by atoms with E-state index in [-0.39, 0.29) is 34.1 Å². The van der Waals surface area contributed by atoms with Crippen molar-refractivity contribution in [2.75, 3.05) is 22.0 Å². The lowest BCUT2D eigenvalue weighted by Gasteiger charge is -2.21. The van der Waals surface area contributed by atoms with Gasteiger partial charge in [-0.2, -0.15) is 0 Å². The standard InChI is InChI=1S/C16H18N4O4S2/c1-9-5-11-6-10(3-4-12(11)20(9)26(2,23)24)13(21)8-25-16-18-14(17)7-15(22)19-16/h3-4,6-7,9H,5,8H2,1-2H3,(H3,17,18,19,22). The van der Waals surface area contributed by atoms with E-state index in [2.05, 4.69) is 9.97 Å². The van der Waals surface area contributed by atoms with Crippen LogP contribution in [0.4, 0.5) is 11.5 Å². The molecule has 0 fully saturated rings. The highest BCUT2D eigenvalue weighted by atomic mass is 32.2. The fraction of sp³-hybridized carbons (Fsp3) is 0.312. The molecule has 0 radical (unpaired) electrons. The van der Waals surface area contributed by atoms with Crippen LogP contribution in [-0.4, -0.2) is 42.2 Å². The van der Waals surface area contributed by atoms with Gasteiger partial charge in [-0.15, -0.1) is 0 Å². The van der Waals surface area contributed by atoms with Crippen LogP contribution >= 0.6 is 11.8 Å². The molecule has 3 rings (SSSR count). The summed E-state index contributed by atoms with van der Waals surface area (Å²) in [6.45, 7) is 1.83. The summed E-state index contributed by atoms with van der Waals surface area (Å²) in [7, 11) is -3.36. The Morgan fingerprint density at radius 1 is 1.42 bits per heavy atom. The number of ketones is 1. The normalized spacial score (nSPS) is 16.5. The molecular formula is C16H18N4O4S2. The van der Waals surface area contributed by atoms with Gasteiger partial charge in [-0.05, 0) is 37.1 Å². The number of rotatable bonds is 5. The molecule has 0 bridgehead atoms. The van der Waals surface area contributed by atoms with E-state index in [0.717, 1.165) is 17.3 Å². The quantitative estimate of drug-likeness (QED) is 0.441. The molecule has 2 aromatic rings. The molecule has 1 aliphatic rings.